The van der Waals surface area contributed by atoms with E-state index >= 15 is 4.39 Å². The van der Waals surface area contributed by atoms with Crippen LogP contribution in [0.2, 0.25) is 0 Å². The van der Waals surface area contributed by atoms with Gasteiger partial charge in [0.05, 0.1) is 13.2 Å². The Kier molecular flexibility index (Phi) is 8.17. The van der Waals surface area contributed by atoms with Crippen molar-refractivity contribution in [2.24, 2.45) is 0 Å². The van der Waals surface area contributed by atoms with E-state index in [2.05, 4.69) is 0 Å². The Morgan fingerprint density at radius 1 is 1.16 bits per heavy atom. The number of nitriles is 1. The Morgan fingerprint density at radius 3 is 2.43 bits per heavy atom. The van der Waals surface area contributed by atoms with Crippen molar-refractivity contribution in [3.05, 3.63) is 77.9 Å². The molecule has 2 aromatic carbocycles. The number of carbonyl (C=O) groups excluding carboxylic acids is 1. The Labute approximate surface area is 214 Å². The SMILES string of the molecule is COc1ccc(F)c(S(=O)(=O)NC2(C#N)C(F)=CC(c3ccccc3)=CC2OCC(=O)OC(C)(C)C)c1. The van der Waals surface area contributed by atoms with Crippen LogP contribution in [0.1, 0.15) is 26.3 Å². The van der Waals surface area contributed by atoms with Crippen LogP contribution in [-0.4, -0.2) is 45.3 Å². The van der Waals surface area contributed by atoms with E-state index in [0.717, 1.165) is 18.2 Å². The van der Waals surface area contributed by atoms with Crippen LogP contribution in [0.5, 0.6) is 5.75 Å². The van der Waals surface area contributed by atoms with Crippen molar-refractivity contribution >= 4 is 21.6 Å². The number of nitrogens with zero attached hydrogens (tertiary/aromatic N) is 1. The molecular weight excluding hydrogens is 506 g/mol. The first-order valence-electron chi connectivity index (χ1n) is 11.1. The van der Waals surface area contributed by atoms with E-state index in [1.807, 2.05) is 4.72 Å². The van der Waals surface area contributed by atoms with Crippen LogP contribution >= 0.6 is 0 Å². The van der Waals surface area contributed by atoms with E-state index in [9.17, 15) is 22.9 Å². The van der Waals surface area contributed by atoms with Gasteiger partial charge in [-0.3, -0.25) is 0 Å². The monoisotopic (exact) mass is 532 g/mol. The van der Waals surface area contributed by atoms with E-state index in [0.29, 0.717) is 5.56 Å². The van der Waals surface area contributed by atoms with Crippen molar-refractivity contribution in [2.45, 2.75) is 42.9 Å². The lowest BCUT2D eigenvalue weighted by Crippen LogP contribution is -2.58. The Bertz CT molecular complexity index is 1380. The second-order valence-electron chi connectivity index (χ2n) is 9.12. The van der Waals surface area contributed by atoms with Gasteiger partial charge in [0.15, 0.2) is 0 Å². The molecule has 0 aromatic heterocycles. The average molecular weight is 533 g/mol. The minimum atomic E-state index is -4.84. The van der Waals surface area contributed by atoms with Gasteiger partial charge in [-0.25, -0.2) is 22.0 Å². The van der Waals surface area contributed by atoms with Gasteiger partial charge < -0.3 is 14.2 Å². The lowest BCUT2D eigenvalue weighted by Gasteiger charge is -2.35. The molecule has 0 radical (unpaired) electrons. The van der Waals surface area contributed by atoms with Gasteiger partial charge in [-0.15, -0.1) is 0 Å². The number of carbonyl (C=O) groups is 1. The predicted octanol–water partition coefficient (Wildman–Crippen LogP) is 4.05. The quantitative estimate of drug-likeness (QED) is 0.510. The topological polar surface area (TPSA) is 115 Å². The third kappa shape index (κ3) is 6.40. The maximum atomic E-state index is 15.7. The molecule has 0 saturated heterocycles. The van der Waals surface area contributed by atoms with Crippen LogP contribution in [-0.2, 0) is 24.3 Å². The summed E-state index contributed by atoms with van der Waals surface area (Å²) in [6, 6.07) is 13.1. The Hall–Kier alpha value is -3.59. The molecule has 196 valence electrons. The molecule has 1 aliphatic carbocycles. The number of allylic oxidation sites excluding steroid dienone is 2. The molecule has 1 aliphatic rings. The van der Waals surface area contributed by atoms with Gasteiger partial charge >= 0.3 is 5.97 Å². The van der Waals surface area contributed by atoms with E-state index in [-0.39, 0.29) is 11.3 Å². The number of hydrogen-bond donors (Lipinski definition) is 1. The first-order chi connectivity index (χ1) is 17.3. The minimum absolute atomic E-state index is 0.0245. The number of halogens is 2. The first kappa shape index (κ1) is 28.0. The summed E-state index contributed by atoms with van der Waals surface area (Å²) < 4.78 is 74.3. The summed E-state index contributed by atoms with van der Waals surface area (Å²) in [4.78, 5) is 11.4. The van der Waals surface area contributed by atoms with Crippen LogP contribution in [0.3, 0.4) is 0 Å². The molecule has 1 N–H and O–H groups in total. The molecule has 0 amide bonds. The molecule has 8 nitrogen and oxygen atoms in total. The second kappa shape index (κ2) is 10.8. The van der Waals surface area contributed by atoms with Crippen LogP contribution in [0.25, 0.3) is 5.57 Å². The van der Waals surface area contributed by atoms with E-state index < -0.39 is 56.4 Å². The summed E-state index contributed by atoms with van der Waals surface area (Å²) >= 11 is 0. The van der Waals surface area contributed by atoms with Crippen molar-refractivity contribution < 1.29 is 36.2 Å². The summed E-state index contributed by atoms with van der Waals surface area (Å²) in [7, 11) is -3.59. The molecule has 0 aliphatic heterocycles. The molecule has 0 saturated carbocycles. The zero-order valence-corrected chi connectivity index (χ0v) is 21.4. The highest BCUT2D eigenvalue weighted by Gasteiger charge is 2.50. The summed E-state index contributed by atoms with van der Waals surface area (Å²) in [6.07, 6.45) is 0.668. The fourth-order valence-corrected chi connectivity index (χ4v) is 4.95. The van der Waals surface area contributed by atoms with Gasteiger partial charge in [0.2, 0.25) is 15.6 Å². The number of nitrogens with one attached hydrogen (secondary N) is 1. The maximum absolute atomic E-state index is 15.7. The highest BCUT2D eigenvalue weighted by atomic mass is 32.2. The van der Waals surface area contributed by atoms with Crippen molar-refractivity contribution in [3.8, 4) is 11.8 Å². The summed E-state index contributed by atoms with van der Waals surface area (Å²) in [5.74, 6) is -3.15. The number of rotatable bonds is 8. The van der Waals surface area contributed by atoms with Gasteiger partial charge in [0.25, 0.3) is 0 Å². The number of benzene rings is 2. The first-order valence-corrected chi connectivity index (χ1v) is 12.6. The average Bonchev–Trinajstić information content (AvgIpc) is 2.83. The third-order valence-electron chi connectivity index (χ3n) is 5.22. The molecular formula is C26H26F2N2O6S. The fraction of sp³-hybridized carbons (Fsp3) is 0.308. The molecule has 2 unspecified atom stereocenters. The molecule has 0 bridgehead atoms. The highest BCUT2D eigenvalue weighted by molar-refractivity contribution is 7.89. The molecule has 0 fully saturated rings. The molecule has 2 aromatic rings. The molecule has 37 heavy (non-hydrogen) atoms. The van der Waals surface area contributed by atoms with Crippen molar-refractivity contribution in [2.75, 3.05) is 13.7 Å². The zero-order chi connectivity index (χ0) is 27.4. The Morgan fingerprint density at radius 2 is 1.84 bits per heavy atom. The van der Waals surface area contributed by atoms with Crippen molar-refractivity contribution in [1.82, 2.24) is 4.72 Å². The Balaban J connectivity index is 2.06. The normalized spacial score (nSPS) is 19.9. The number of sulfonamides is 1. The van der Waals surface area contributed by atoms with Crippen LogP contribution < -0.4 is 9.46 Å². The molecule has 0 spiro atoms. The van der Waals surface area contributed by atoms with Gasteiger partial charge in [-0.05, 0) is 56.2 Å². The van der Waals surface area contributed by atoms with Gasteiger partial charge in [0, 0.05) is 6.07 Å². The van der Waals surface area contributed by atoms with Crippen molar-refractivity contribution in [1.29, 1.82) is 5.26 Å². The molecule has 3 rings (SSSR count). The number of ether oxygens (including phenoxy) is 3. The summed E-state index contributed by atoms with van der Waals surface area (Å²) in [5, 5.41) is 10.1. The van der Waals surface area contributed by atoms with Gasteiger partial charge in [0.1, 0.15) is 40.6 Å². The lowest BCUT2D eigenvalue weighted by atomic mass is 9.84. The molecule has 2 atom stereocenters. The summed E-state index contributed by atoms with van der Waals surface area (Å²) in [5.41, 5.74) is -2.67. The van der Waals surface area contributed by atoms with E-state index in [4.69, 9.17) is 14.2 Å². The largest absolute Gasteiger partial charge is 0.497 e. The van der Waals surface area contributed by atoms with Gasteiger partial charge in [-0.2, -0.15) is 9.98 Å². The fourth-order valence-electron chi connectivity index (χ4n) is 3.56. The smallest absolute Gasteiger partial charge is 0.332 e. The molecule has 0 heterocycles. The van der Waals surface area contributed by atoms with E-state index in [1.54, 1.807) is 57.2 Å². The highest BCUT2D eigenvalue weighted by Crippen LogP contribution is 2.37. The van der Waals surface area contributed by atoms with E-state index in [1.165, 1.54) is 19.3 Å². The minimum Gasteiger partial charge on any atom is -0.497 e. The molecule has 11 heteroatoms. The van der Waals surface area contributed by atoms with Crippen molar-refractivity contribution in [3.63, 3.8) is 0 Å². The maximum Gasteiger partial charge on any atom is 0.332 e. The number of hydrogen-bond acceptors (Lipinski definition) is 7. The standard InChI is InChI=1S/C26H26F2N2O6S/c1-25(2,3)36-24(31)15-35-23-13-18(17-8-6-5-7-9-17)12-22(28)26(23,16-29)30-37(32,33)21-14-19(34-4)10-11-20(21)27/h5-14,23,30H,15H2,1-4H3. The second-order valence-corrected chi connectivity index (χ2v) is 10.8. The number of esters is 1. The lowest BCUT2D eigenvalue weighted by molar-refractivity contribution is -0.162. The van der Waals surface area contributed by atoms with Gasteiger partial charge in [-0.1, -0.05) is 30.3 Å². The zero-order valence-electron chi connectivity index (χ0n) is 20.6. The van der Waals surface area contributed by atoms with Crippen LogP contribution in [0.4, 0.5) is 8.78 Å². The third-order valence-corrected chi connectivity index (χ3v) is 6.71. The van der Waals surface area contributed by atoms with Crippen LogP contribution in [0, 0.1) is 17.1 Å². The van der Waals surface area contributed by atoms with Crippen LogP contribution in [0.15, 0.2) is 71.4 Å². The number of methoxy groups -OCH3 is 1. The summed E-state index contributed by atoms with van der Waals surface area (Å²) in [6.45, 7) is 4.19. The predicted molar refractivity (Wildman–Crippen MR) is 131 cm³/mol.